The van der Waals surface area contributed by atoms with Gasteiger partial charge < -0.3 is 10.6 Å². The van der Waals surface area contributed by atoms with Crippen molar-refractivity contribution >= 4 is 22.7 Å². The second kappa shape index (κ2) is 6.16. The zero-order chi connectivity index (χ0) is 16.8. The van der Waals surface area contributed by atoms with Crippen LogP contribution in [0, 0.1) is 0 Å². The molecule has 0 amide bonds. The quantitative estimate of drug-likeness (QED) is 0.879. The fourth-order valence-corrected chi connectivity index (χ4v) is 5.11. The Labute approximate surface area is 148 Å². The van der Waals surface area contributed by atoms with E-state index in [-0.39, 0.29) is 0 Å². The Morgan fingerprint density at radius 1 is 0.960 bits per heavy atom. The van der Waals surface area contributed by atoms with Crippen LogP contribution >= 0.6 is 0 Å². The van der Waals surface area contributed by atoms with Crippen LogP contribution in [0.2, 0.25) is 0 Å². The Morgan fingerprint density at radius 3 is 2.56 bits per heavy atom. The van der Waals surface area contributed by atoms with Gasteiger partial charge in [-0.3, -0.25) is 10.00 Å². The van der Waals surface area contributed by atoms with Crippen LogP contribution in [0.15, 0.2) is 0 Å². The van der Waals surface area contributed by atoms with Crippen molar-refractivity contribution in [3.8, 4) is 0 Å². The highest BCUT2D eigenvalue weighted by Crippen LogP contribution is 2.37. The highest BCUT2D eigenvalue weighted by Gasteiger charge is 2.31. The average molecular weight is 340 g/mol. The number of hydrogen-bond donors (Lipinski definition) is 2. The first-order chi connectivity index (χ1) is 12.3. The summed E-state index contributed by atoms with van der Waals surface area (Å²) in [7, 11) is 0. The van der Waals surface area contributed by atoms with Crippen molar-refractivity contribution in [1.29, 1.82) is 0 Å². The van der Waals surface area contributed by atoms with Gasteiger partial charge in [0.1, 0.15) is 11.6 Å². The van der Waals surface area contributed by atoms with Gasteiger partial charge in [0.2, 0.25) is 0 Å². The average Bonchev–Trinajstić information content (AvgIpc) is 3.31. The Morgan fingerprint density at radius 2 is 1.76 bits per heavy atom. The Balaban J connectivity index is 1.57. The third kappa shape index (κ3) is 2.58. The summed E-state index contributed by atoms with van der Waals surface area (Å²) in [5.74, 6) is 1.85. The molecule has 4 heterocycles. The van der Waals surface area contributed by atoms with Gasteiger partial charge >= 0.3 is 0 Å². The van der Waals surface area contributed by atoms with Crippen molar-refractivity contribution in [3.05, 3.63) is 11.1 Å². The van der Waals surface area contributed by atoms with Crippen LogP contribution in [0.4, 0.5) is 11.6 Å². The van der Waals surface area contributed by atoms with Crippen LogP contribution < -0.4 is 10.6 Å². The topological polar surface area (TPSA) is 74.1 Å². The summed E-state index contributed by atoms with van der Waals surface area (Å²) in [6.45, 7) is 4.41. The first-order valence-electron chi connectivity index (χ1n) is 9.95. The molecule has 2 aromatic heterocycles. The number of rotatable bonds is 2. The molecule has 1 aliphatic carbocycles. The molecule has 0 radical (unpaired) electrons. The van der Waals surface area contributed by atoms with Crippen molar-refractivity contribution in [2.24, 2.45) is 0 Å². The monoisotopic (exact) mass is 340 g/mol. The molecule has 0 unspecified atom stereocenters. The standard InChI is InChI=1S/C19H28N6/c20-17-16-14-8-11-25(13-6-2-1-3-7-13)12-15(14)19(21-18(16)23-22-17)24-9-4-5-10-24/h13H,1-12H2,(H3,20,21,22,23). The predicted molar refractivity (Wildman–Crippen MR) is 101 cm³/mol. The smallest absolute Gasteiger partial charge is 0.185 e. The van der Waals surface area contributed by atoms with Crippen molar-refractivity contribution in [2.45, 2.75) is 64.0 Å². The van der Waals surface area contributed by atoms with E-state index in [9.17, 15) is 0 Å². The third-order valence-corrected chi connectivity index (χ3v) is 6.43. The van der Waals surface area contributed by atoms with E-state index in [1.54, 1.807) is 0 Å². The molecule has 3 aliphatic rings. The van der Waals surface area contributed by atoms with Crippen molar-refractivity contribution in [2.75, 3.05) is 30.3 Å². The maximum absolute atomic E-state index is 6.20. The number of nitrogens with zero attached hydrogens (tertiary/aromatic N) is 4. The van der Waals surface area contributed by atoms with E-state index in [2.05, 4.69) is 20.0 Å². The van der Waals surface area contributed by atoms with Gasteiger partial charge in [-0.05, 0) is 37.7 Å². The van der Waals surface area contributed by atoms with Crippen molar-refractivity contribution in [1.82, 2.24) is 20.1 Å². The molecule has 2 aliphatic heterocycles. The molecule has 5 rings (SSSR count). The number of aromatic amines is 1. The van der Waals surface area contributed by atoms with E-state index in [0.29, 0.717) is 5.82 Å². The fraction of sp³-hybridized carbons (Fsp3) is 0.684. The summed E-state index contributed by atoms with van der Waals surface area (Å²) < 4.78 is 0. The lowest BCUT2D eigenvalue weighted by atomic mass is 9.90. The molecule has 3 N–H and O–H groups in total. The van der Waals surface area contributed by atoms with Crippen LogP contribution in [0.5, 0.6) is 0 Å². The SMILES string of the molecule is Nc1[nH]nc2nc(N3CCCC3)c3c(c12)CCN(C1CCCCC1)C3. The first kappa shape index (κ1) is 15.4. The Kier molecular flexibility index (Phi) is 3.81. The van der Waals surface area contributed by atoms with E-state index < -0.39 is 0 Å². The van der Waals surface area contributed by atoms with Crippen LogP contribution in [-0.4, -0.2) is 45.8 Å². The molecule has 134 valence electrons. The number of hydrogen-bond acceptors (Lipinski definition) is 5. The molecule has 1 saturated heterocycles. The van der Waals surface area contributed by atoms with Crippen molar-refractivity contribution < 1.29 is 0 Å². The maximum Gasteiger partial charge on any atom is 0.185 e. The van der Waals surface area contributed by atoms with Gasteiger partial charge in [0.15, 0.2) is 5.65 Å². The first-order valence-corrected chi connectivity index (χ1v) is 9.95. The largest absolute Gasteiger partial charge is 0.384 e. The van der Waals surface area contributed by atoms with Crippen molar-refractivity contribution in [3.63, 3.8) is 0 Å². The Bertz CT molecular complexity index is 770. The number of nitrogen functional groups attached to an aromatic ring is 1. The van der Waals surface area contributed by atoms with Gasteiger partial charge in [0.25, 0.3) is 0 Å². The third-order valence-electron chi connectivity index (χ3n) is 6.43. The fourth-order valence-electron chi connectivity index (χ4n) is 5.11. The zero-order valence-electron chi connectivity index (χ0n) is 14.9. The molecule has 0 aromatic carbocycles. The second-order valence-corrected chi connectivity index (χ2v) is 7.93. The molecular formula is C19H28N6. The minimum absolute atomic E-state index is 0.679. The van der Waals surface area contributed by atoms with Gasteiger partial charge in [-0.1, -0.05) is 19.3 Å². The molecular weight excluding hydrogens is 312 g/mol. The minimum Gasteiger partial charge on any atom is -0.384 e. The number of aromatic nitrogens is 3. The molecule has 6 nitrogen and oxygen atoms in total. The maximum atomic E-state index is 6.20. The molecule has 1 saturated carbocycles. The lowest BCUT2D eigenvalue weighted by Crippen LogP contribution is -2.41. The van der Waals surface area contributed by atoms with Gasteiger partial charge in [0.05, 0.1) is 5.39 Å². The highest BCUT2D eigenvalue weighted by atomic mass is 15.3. The van der Waals surface area contributed by atoms with Gasteiger partial charge in [-0.25, -0.2) is 4.98 Å². The highest BCUT2D eigenvalue weighted by molar-refractivity contribution is 5.92. The van der Waals surface area contributed by atoms with Crippen LogP contribution in [0.25, 0.3) is 11.0 Å². The number of H-pyrrole nitrogens is 1. The van der Waals surface area contributed by atoms with E-state index >= 15 is 0 Å². The molecule has 0 atom stereocenters. The molecule has 0 bridgehead atoms. The van der Waals surface area contributed by atoms with E-state index in [4.69, 9.17) is 10.7 Å². The van der Waals surface area contributed by atoms with E-state index in [1.165, 1.54) is 61.9 Å². The van der Waals surface area contributed by atoms with Crippen LogP contribution in [-0.2, 0) is 13.0 Å². The summed E-state index contributed by atoms with van der Waals surface area (Å²) >= 11 is 0. The predicted octanol–water partition coefficient (Wildman–Crippen LogP) is 2.83. The number of pyridine rings is 1. The molecule has 2 aromatic rings. The summed E-state index contributed by atoms with van der Waals surface area (Å²) in [5, 5.41) is 8.39. The molecule has 6 heteroatoms. The minimum atomic E-state index is 0.679. The van der Waals surface area contributed by atoms with E-state index in [1.807, 2.05) is 0 Å². The van der Waals surface area contributed by atoms with Gasteiger partial charge in [0, 0.05) is 37.8 Å². The zero-order valence-corrected chi connectivity index (χ0v) is 14.9. The molecule has 2 fully saturated rings. The summed E-state index contributed by atoms with van der Waals surface area (Å²) in [5.41, 5.74) is 9.80. The number of anilines is 2. The van der Waals surface area contributed by atoms with Crippen LogP contribution in [0.1, 0.15) is 56.1 Å². The van der Waals surface area contributed by atoms with E-state index in [0.717, 1.165) is 49.7 Å². The summed E-state index contributed by atoms with van der Waals surface area (Å²) in [6.07, 6.45) is 10.5. The number of nitrogens with two attached hydrogens (primary N) is 1. The Hall–Kier alpha value is -1.82. The number of nitrogens with one attached hydrogen (secondary N) is 1. The molecule has 25 heavy (non-hydrogen) atoms. The summed E-state index contributed by atoms with van der Waals surface area (Å²) in [4.78, 5) is 10.1. The number of fused-ring (bicyclic) bond motifs is 3. The lowest BCUT2D eigenvalue weighted by Gasteiger charge is -2.39. The normalized spacial score (nSPS) is 22.6. The second-order valence-electron chi connectivity index (χ2n) is 7.93. The van der Waals surface area contributed by atoms with Gasteiger partial charge in [-0.15, -0.1) is 0 Å². The lowest BCUT2D eigenvalue weighted by molar-refractivity contribution is 0.141. The van der Waals surface area contributed by atoms with Gasteiger partial charge in [-0.2, -0.15) is 5.10 Å². The molecule has 0 spiro atoms. The van der Waals surface area contributed by atoms with Crippen LogP contribution in [0.3, 0.4) is 0 Å². The summed E-state index contributed by atoms with van der Waals surface area (Å²) in [6, 6.07) is 0.755.